The van der Waals surface area contributed by atoms with Crippen LogP contribution in [0.25, 0.3) is 0 Å². The van der Waals surface area contributed by atoms with Crippen LogP contribution in [0.1, 0.15) is 33.1 Å². The SMILES string of the molecule is CCCCC(C#N)C(C)C(CO)(CO)CO. The molecule has 2 atom stereocenters. The van der Waals surface area contributed by atoms with Crippen LogP contribution in [0.15, 0.2) is 0 Å². The molecule has 0 aliphatic carbocycles. The van der Waals surface area contributed by atoms with E-state index in [2.05, 4.69) is 13.0 Å². The number of aliphatic hydroxyl groups is 3. The van der Waals surface area contributed by atoms with Gasteiger partial charge < -0.3 is 15.3 Å². The van der Waals surface area contributed by atoms with Gasteiger partial charge in [0.05, 0.1) is 25.9 Å². The Morgan fingerprint density at radius 2 is 1.69 bits per heavy atom. The number of rotatable bonds is 8. The molecule has 4 nitrogen and oxygen atoms in total. The minimum atomic E-state index is -0.950. The molecule has 0 saturated heterocycles. The second-order valence-corrected chi connectivity index (χ2v) is 4.50. The van der Waals surface area contributed by atoms with E-state index in [1.165, 1.54) is 0 Å². The number of nitrogens with zero attached hydrogens (tertiary/aromatic N) is 1. The second kappa shape index (κ2) is 7.61. The first-order valence-electron chi connectivity index (χ1n) is 5.84. The third kappa shape index (κ3) is 3.44. The van der Waals surface area contributed by atoms with E-state index in [-0.39, 0.29) is 31.7 Å². The van der Waals surface area contributed by atoms with Gasteiger partial charge in [-0.15, -0.1) is 0 Å². The molecule has 0 aromatic carbocycles. The Morgan fingerprint density at radius 3 is 2.00 bits per heavy atom. The van der Waals surface area contributed by atoms with Crippen molar-refractivity contribution in [1.82, 2.24) is 0 Å². The lowest BCUT2D eigenvalue weighted by Crippen LogP contribution is -2.43. The first kappa shape index (κ1) is 15.4. The van der Waals surface area contributed by atoms with Gasteiger partial charge in [0.2, 0.25) is 0 Å². The summed E-state index contributed by atoms with van der Waals surface area (Å²) in [4.78, 5) is 0. The molecular weight excluding hydrogens is 206 g/mol. The summed E-state index contributed by atoms with van der Waals surface area (Å²) in [6, 6.07) is 2.21. The van der Waals surface area contributed by atoms with Crippen LogP contribution in [0, 0.1) is 28.6 Å². The van der Waals surface area contributed by atoms with E-state index in [1.807, 2.05) is 6.92 Å². The first-order valence-corrected chi connectivity index (χ1v) is 5.84. The van der Waals surface area contributed by atoms with Gasteiger partial charge in [0.15, 0.2) is 0 Å². The lowest BCUT2D eigenvalue weighted by atomic mass is 9.70. The Hall–Kier alpha value is -0.630. The molecule has 0 aromatic heterocycles. The van der Waals surface area contributed by atoms with Crippen molar-refractivity contribution in [2.24, 2.45) is 17.3 Å². The maximum atomic E-state index is 9.29. The molecule has 0 radical (unpaired) electrons. The lowest BCUT2D eigenvalue weighted by molar-refractivity contribution is -0.0454. The highest BCUT2D eigenvalue weighted by atomic mass is 16.3. The van der Waals surface area contributed by atoms with Crippen molar-refractivity contribution in [1.29, 1.82) is 5.26 Å². The van der Waals surface area contributed by atoms with Crippen LogP contribution in [0.3, 0.4) is 0 Å². The van der Waals surface area contributed by atoms with Gasteiger partial charge in [0.25, 0.3) is 0 Å². The molecule has 4 heteroatoms. The number of hydrogen-bond donors (Lipinski definition) is 3. The van der Waals surface area contributed by atoms with E-state index in [0.29, 0.717) is 0 Å². The summed E-state index contributed by atoms with van der Waals surface area (Å²) in [5.41, 5.74) is -0.950. The summed E-state index contributed by atoms with van der Waals surface area (Å²) < 4.78 is 0. The van der Waals surface area contributed by atoms with Gasteiger partial charge in [-0.3, -0.25) is 0 Å². The van der Waals surface area contributed by atoms with Gasteiger partial charge in [-0.1, -0.05) is 26.7 Å². The maximum absolute atomic E-state index is 9.29. The number of unbranched alkanes of at least 4 members (excludes halogenated alkanes) is 1. The zero-order valence-corrected chi connectivity index (χ0v) is 10.2. The highest BCUT2D eigenvalue weighted by Gasteiger charge is 2.38. The van der Waals surface area contributed by atoms with Crippen molar-refractivity contribution in [3.63, 3.8) is 0 Å². The third-order valence-electron chi connectivity index (χ3n) is 3.55. The van der Waals surface area contributed by atoms with E-state index in [4.69, 9.17) is 5.26 Å². The van der Waals surface area contributed by atoms with Crippen molar-refractivity contribution in [2.45, 2.75) is 33.1 Å². The summed E-state index contributed by atoms with van der Waals surface area (Å²) in [6.07, 6.45) is 2.70. The summed E-state index contributed by atoms with van der Waals surface area (Å²) in [5.74, 6) is -0.449. The predicted molar refractivity (Wildman–Crippen MR) is 61.5 cm³/mol. The van der Waals surface area contributed by atoms with Crippen molar-refractivity contribution in [3.8, 4) is 6.07 Å². The minimum Gasteiger partial charge on any atom is -0.396 e. The molecule has 0 amide bonds. The van der Waals surface area contributed by atoms with Crippen molar-refractivity contribution >= 4 is 0 Å². The molecule has 0 saturated carbocycles. The summed E-state index contributed by atoms with van der Waals surface area (Å²) in [7, 11) is 0. The second-order valence-electron chi connectivity index (χ2n) is 4.50. The minimum absolute atomic E-state index is 0.218. The van der Waals surface area contributed by atoms with E-state index in [9.17, 15) is 15.3 Å². The topological polar surface area (TPSA) is 84.5 Å². The van der Waals surface area contributed by atoms with Crippen LogP contribution >= 0.6 is 0 Å². The highest BCUT2D eigenvalue weighted by Crippen LogP contribution is 2.34. The van der Waals surface area contributed by atoms with E-state index in [0.717, 1.165) is 19.3 Å². The van der Waals surface area contributed by atoms with Crippen molar-refractivity contribution in [2.75, 3.05) is 19.8 Å². The largest absolute Gasteiger partial charge is 0.396 e. The van der Waals surface area contributed by atoms with E-state index < -0.39 is 5.41 Å². The van der Waals surface area contributed by atoms with Crippen molar-refractivity contribution in [3.05, 3.63) is 0 Å². The zero-order chi connectivity index (χ0) is 12.6. The standard InChI is InChI=1S/C12H23NO3/c1-3-4-5-11(6-13)10(2)12(7-14,8-15)9-16/h10-11,14-16H,3-5,7-9H2,1-2H3. The van der Waals surface area contributed by atoms with Crippen LogP contribution in [0.2, 0.25) is 0 Å². The van der Waals surface area contributed by atoms with Crippen molar-refractivity contribution < 1.29 is 15.3 Å². The van der Waals surface area contributed by atoms with Crippen LogP contribution < -0.4 is 0 Å². The number of hydrogen-bond acceptors (Lipinski definition) is 4. The molecule has 3 N–H and O–H groups in total. The van der Waals surface area contributed by atoms with Gasteiger partial charge in [-0.25, -0.2) is 0 Å². The molecule has 0 aromatic rings. The Kier molecular flexibility index (Phi) is 7.31. The quantitative estimate of drug-likeness (QED) is 0.577. The van der Waals surface area contributed by atoms with Crippen LogP contribution in [0.5, 0.6) is 0 Å². The monoisotopic (exact) mass is 229 g/mol. The molecule has 2 unspecified atom stereocenters. The fourth-order valence-corrected chi connectivity index (χ4v) is 1.86. The molecule has 0 rings (SSSR count). The highest BCUT2D eigenvalue weighted by molar-refractivity contribution is 4.95. The van der Waals surface area contributed by atoms with Gasteiger partial charge in [-0.2, -0.15) is 5.26 Å². The van der Waals surface area contributed by atoms with Crippen LogP contribution in [-0.4, -0.2) is 35.1 Å². The Balaban J connectivity index is 4.69. The average Bonchev–Trinajstić information content (AvgIpc) is 2.33. The third-order valence-corrected chi connectivity index (χ3v) is 3.55. The van der Waals surface area contributed by atoms with Crippen LogP contribution in [0.4, 0.5) is 0 Å². The molecule has 0 bridgehead atoms. The zero-order valence-electron chi connectivity index (χ0n) is 10.2. The molecule has 0 aliphatic rings. The lowest BCUT2D eigenvalue weighted by Gasteiger charge is -2.36. The maximum Gasteiger partial charge on any atom is 0.0658 e. The van der Waals surface area contributed by atoms with E-state index in [1.54, 1.807) is 0 Å². The average molecular weight is 229 g/mol. The van der Waals surface area contributed by atoms with Crippen LogP contribution in [-0.2, 0) is 0 Å². The summed E-state index contributed by atoms with van der Waals surface area (Å²) in [5, 5.41) is 36.9. The molecule has 0 fully saturated rings. The molecule has 0 aliphatic heterocycles. The van der Waals surface area contributed by atoms with Gasteiger partial charge in [-0.05, 0) is 12.3 Å². The molecule has 94 valence electrons. The number of aliphatic hydroxyl groups excluding tert-OH is 3. The molecular formula is C12H23NO3. The summed E-state index contributed by atoms with van der Waals surface area (Å²) in [6.45, 7) is 2.96. The predicted octanol–water partition coefficient (Wildman–Crippen LogP) is 0.916. The molecule has 0 heterocycles. The van der Waals surface area contributed by atoms with Gasteiger partial charge in [0, 0.05) is 11.3 Å². The molecule has 16 heavy (non-hydrogen) atoms. The molecule has 0 spiro atoms. The van der Waals surface area contributed by atoms with Gasteiger partial charge in [0.1, 0.15) is 0 Å². The fraction of sp³-hybridized carbons (Fsp3) is 0.917. The Morgan fingerprint density at radius 1 is 1.19 bits per heavy atom. The Bertz CT molecular complexity index is 213. The normalized spacial score (nSPS) is 15.5. The fourth-order valence-electron chi connectivity index (χ4n) is 1.86. The first-order chi connectivity index (χ1) is 7.61. The van der Waals surface area contributed by atoms with E-state index >= 15 is 0 Å². The smallest absolute Gasteiger partial charge is 0.0658 e. The van der Waals surface area contributed by atoms with Gasteiger partial charge >= 0.3 is 0 Å². The summed E-state index contributed by atoms with van der Waals surface area (Å²) >= 11 is 0. The number of nitriles is 1. The Labute approximate surface area is 97.5 Å².